The van der Waals surface area contributed by atoms with E-state index in [9.17, 15) is 13.2 Å². The van der Waals surface area contributed by atoms with E-state index < -0.39 is 22.0 Å². The van der Waals surface area contributed by atoms with E-state index in [1.807, 2.05) is 0 Å². The fourth-order valence-corrected chi connectivity index (χ4v) is 2.81. The van der Waals surface area contributed by atoms with Crippen LogP contribution >= 0.6 is 11.3 Å². The van der Waals surface area contributed by atoms with E-state index >= 15 is 0 Å². The molecule has 1 atom stereocenters. The number of aliphatic carboxylic acids is 1. The lowest BCUT2D eigenvalue weighted by atomic mass is 10.2. The van der Waals surface area contributed by atoms with Crippen molar-refractivity contribution in [2.24, 2.45) is 10.9 Å². The molecular weight excluding hydrogens is 316 g/mol. The van der Waals surface area contributed by atoms with E-state index in [4.69, 9.17) is 16.0 Å². The second kappa shape index (κ2) is 5.77. The third-order valence-corrected chi connectivity index (χ3v) is 4.21. The molecule has 0 bridgehead atoms. The lowest BCUT2D eigenvalue weighted by Crippen LogP contribution is -2.20. The first kappa shape index (κ1) is 15.4. The second-order valence-corrected chi connectivity index (χ2v) is 6.51. The minimum absolute atomic E-state index is 0.0356. The van der Waals surface area contributed by atoms with Crippen molar-refractivity contribution in [3.8, 4) is 0 Å². The molecule has 0 saturated heterocycles. The first-order chi connectivity index (χ1) is 9.77. The molecule has 1 unspecified atom stereocenters. The average molecular weight is 328 g/mol. The molecule has 6 N–H and O–H groups in total. The zero-order chi connectivity index (χ0) is 15.6. The number of rotatable bonds is 5. The van der Waals surface area contributed by atoms with Crippen molar-refractivity contribution in [3.05, 3.63) is 35.3 Å². The summed E-state index contributed by atoms with van der Waals surface area (Å²) in [6.07, 6.45) is 0. The van der Waals surface area contributed by atoms with Crippen LogP contribution in [0.2, 0.25) is 0 Å². The smallest absolute Gasteiger partial charge is 0.326 e. The van der Waals surface area contributed by atoms with Gasteiger partial charge in [0.05, 0.1) is 10.6 Å². The highest BCUT2D eigenvalue weighted by molar-refractivity contribution is 7.89. The van der Waals surface area contributed by atoms with E-state index in [-0.39, 0.29) is 10.6 Å². The summed E-state index contributed by atoms with van der Waals surface area (Å²) in [6, 6.07) is 4.68. The Morgan fingerprint density at radius 2 is 2.14 bits per heavy atom. The Kier molecular flexibility index (Phi) is 4.23. The molecule has 0 spiro atoms. The van der Waals surface area contributed by atoms with Crippen LogP contribution in [0.5, 0.6) is 0 Å². The van der Waals surface area contributed by atoms with Gasteiger partial charge >= 0.3 is 5.97 Å². The Labute approximate surface area is 124 Å². The molecular formula is C11H12N4O4S2. The predicted molar refractivity (Wildman–Crippen MR) is 77.8 cm³/mol. The number of nitrogens with one attached hydrogen (secondary N) is 1. The van der Waals surface area contributed by atoms with Crippen LogP contribution in [0.4, 0.5) is 10.8 Å². The monoisotopic (exact) mass is 328 g/mol. The number of carboxylic acid groups (broad SMARTS) is 1. The van der Waals surface area contributed by atoms with Crippen LogP contribution in [-0.4, -0.2) is 24.5 Å². The van der Waals surface area contributed by atoms with Crippen LogP contribution in [0.3, 0.4) is 0 Å². The van der Waals surface area contributed by atoms with Gasteiger partial charge in [-0.2, -0.15) is 0 Å². The van der Waals surface area contributed by atoms with E-state index in [2.05, 4.69) is 10.3 Å². The SMILES string of the molecule is NC(C(=O)O)c1csc(Nc2cccc(S(N)(=O)=O)c2)n1. The van der Waals surface area contributed by atoms with Crippen LogP contribution in [-0.2, 0) is 14.8 Å². The Bertz CT molecular complexity index is 772. The number of hydrogen-bond donors (Lipinski definition) is 4. The molecule has 1 aromatic heterocycles. The molecule has 0 aliphatic rings. The van der Waals surface area contributed by atoms with Gasteiger partial charge in [0.25, 0.3) is 0 Å². The van der Waals surface area contributed by atoms with Crippen LogP contribution in [0.15, 0.2) is 34.5 Å². The second-order valence-electron chi connectivity index (χ2n) is 4.09. The number of thiazole rings is 1. The summed E-state index contributed by atoms with van der Waals surface area (Å²) in [4.78, 5) is 14.8. The number of carbonyl (C=O) groups is 1. The quantitative estimate of drug-likeness (QED) is 0.628. The van der Waals surface area contributed by atoms with Crippen molar-refractivity contribution in [3.63, 3.8) is 0 Å². The number of sulfonamides is 1. The molecule has 2 aromatic rings. The maximum Gasteiger partial charge on any atom is 0.326 e. The Balaban J connectivity index is 2.21. The molecule has 0 amide bonds. The number of anilines is 2. The van der Waals surface area contributed by atoms with Gasteiger partial charge in [0.1, 0.15) is 6.04 Å². The van der Waals surface area contributed by atoms with Gasteiger partial charge in [0.15, 0.2) is 5.13 Å². The molecule has 21 heavy (non-hydrogen) atoms. The molecule has 112 valence electrons. The molecule has 0 saturated carbocycles. The highest BCUT2D eigenvalue weighted by Crippen LogP contribution is 2.24. The van der Waals surface area contributed by atoms with Crippen molar-refractivity contribution < 1.29 is 18.3 Å². The van der Waals surface area contributed by atoms with Crippen molar-refractivity contribution in [1.29, 1.82) is 0 Å². The van der Waals surface area contributed by atoms with E-state index in [0.717, 1.165) is 11.3 Å². The molecule has 2 rings (SSSR count). The summed E-state index contributed by atoms with van der Waals surface area (Å²) in [7, 11) is -3.79. The molecule has 0 fully saturated rings. The number of nitrogens with zero attached hydrogens (tertiary/aromatic N) is 1. The summed E-state index contributed by atoms with van der Waals surface area (Å²) in [5, 5.41) is 18.6. The van der Waals surface area contributed by atoms with Crippen molar-refractivity contribution in [1.82, 2.24) is 4.98 Å². The number of benzene rings is 1. The average Bonchev–Trinajstić information content (AvgIpc) is 2.85. The summed E-state index contributed by atoms with van der Waals surface area (Å²) in [6.45, 7) is 0. The highest BCUT2D eigenvalue weighted by atomic mass is 32.2. The summed E-state index contributed by atoms with van der Waals surface area (Å²) >= 11 is 1.16. The van der Waals surface area contributed by atoms with Gasteiger partial charge in [-0.15, -0.1) is 11.3 Å². The lowest BCUT2D eigenvalue weighted by molar-refractivity contribution is -0.138. The maximum absolute atomic E-state index is 11.3. The predicted octanol–water partition coefficient (Wildman–Crippen LogP) is 0.619. The number of aromatic nitrogens is 1. The van der Waals surface area contributed by atoms with Crippen molar-refractivity contribution in [2.45, 2.75) is 10.9 Å². The van der Waals surface area contributed by atoms with E-state index in [1.165, 1.54) is 23.6 Å². The molecule has 1 heterocycles. The normalized spacial score (nSPS) is 12.9. The van der Waals surface area contributed by atoms with Gasteiger partial charge in [-0.1, -0.05) is 6.07 Å². The van der Waals surface area contributed by atoms with E-state index in [1.54, 1.807) is 6.07 Å². The largest absolute Gasteiger partial charge is 0.480 e. The number of carboxylic acids is 1. The summed E-state index contributed by atoms with van der Waals surface area (Å²) in [5.74, 6) is -1.18. The minimum Gasteiger partial charge on any atom is -0.480 e. The van der Waals surface area contributed by atoms with Crippen LogP contribution in [0.25, 0.3) is 0 Å². The Morgan fingerprint density at radius 3 is 2.76 bits per heavy atom. The Hall–Kier alpha value is -2.01. The zero-order valence-electron chi connectivity index (χ0n) is 10.6. The third kappa shape index (κ3) is 3.76. The fourth-order valence-electron chi connectivity index (χ4n) is 1.49. The van der Waals surface area contributed by atoms with Gasteiger partial charge < -0.3 is 16.2 Å². The first-order valence-corrected chi connectivity index (χ1v) is 8.03. The van der Waals surface area contributed by atoms with Gasteiger partial charge in [0.2, 0.25) is 10.0 Å². The van der Waals surface area contributed by atoms with Crippen molar-refractivity contribution >= 4 is 38.1 Å². The minimum atomic E-state index is -3.79. The number of primary sulfonamides is 1. The summed E-state index contributed by atoms with van der Waals surface area (Å²) in [5.41, 5.74) is 6.13. The standard InChI is InChI=1S/C11H12N4O4S2/c12-9(10(16)17)8-5-20-11(15-8)14-6-2-1-3-7(4-6)21(13,18)19/h1-5,9H,12H2,(H,14,15)(H,16,17)(H2,13,18,19). The molecule has 0 aliphatic heterocycles. The fraction of sp³-hybridized carbons (Fsp3) is 0.0909. The maximum atomic E-state index is 11.3. The number of nitrogens with two attached hydrogens (primary N) is 2. The lowest BCUT2D eigenvalue weighted by Gasteiger charge is -2.05. The number of hydrogen-bond acceptors (Lipinski definition) is 7. The van der Waals surface area contributed by atoms with Gasteiger partial charge in [-0.25, -0.2) is 18.5 Å². The zero-order valence-corrected chi connectivity index (χ0v) is 12.2. The van der Waals surface area contributed by atoms with Crippen LogP contribution in [0, 0.1) is 0 Å². The molecule has 8 nitrogen and oxygen atoms in total. The van der Waals surface area contributed by atoms with Gasteiger partial charge in [-0.05, 0) is 18.2 Å². The molecule has 0 radical (unpaired) electrons. The Morgan fingerprint density at radius 1 is 1.43 bits per heavy atom. The van der Waals surface area contributed by atoms with Gasteiger partial charge in [0, 0.05) is 11.1 Å². The van der Waals surface area contributed by atoms with E-state index in [0.29, 0.717) is 10.8 Å². The molecule has 10 heteroatoms. The van der Waals surface area contributed by atoms with Crippen molar-refractivity contribution in [2.75, 3.05) is 5.32 Å². The van der Waals surface area contributed by atoms with Crippen LogP contribution in [0.1, 0.15) is 11.7 Å². The molecule has 1 aromatic carbocycles. The highest BCUT2D eigenvalue weighted by Gasteiger charge is 2.17. The topological polar surface area (TPSA) is 148 Å². The first-order valence-electron chi connectivity index (χ1n) is 5.61. The van der Waals surface area contributed by atoms with Gasteiger partial charge in [-0.3, -0.25) is 4.79 Å². The molecule has 0 aliphatic carbocycles. The van der Waals surface area contributed by atoms with Crippen LogP contribution < -0.4 is 16.2 Å². The third-order valence-electron chi connectivity index (χ3n) is 2.52. The summed E-state index contributed by atoms with van der Waals surface area (Å²) < 4.78 is 22.5.